The van der Waals surface area contributed by atoms with Gasteiger partial charge in [0.15, 0.2) is 0 Å². The normalized spacial score (nSPS) is 15.3. The topological polar surface area (TPSA) is 29.5 Å². The van der Waals surface area contributed by atoms with E-state index >= 15 is 0 Å². The van der Waals surface area contributed by atoms with Crippen LogP contribution in [0.1, 0.15) is 6.42 Å². The average molecular weight is 174 g/mol. The minimum Gasteiger partial charge on any atom is -0.413 e. The Morgan fingerprint density at radius 1 is 1.50 bits per heavy atom. The molecule has 1 atom stereocenters. The standard InChI is InChI=1S/C4H9F3O2Si/c1-10(8)9-3-2-4(5,6)7/h8,10H,2-3H2,1H3. The summed E-state index contributed by atoms with van der Waals surface area (Å²) in [5, 5.41) is 0. The van der Waals surface area contributed by atoms with Crippen molar-refractivity contribution in [3.63, 3.8) is 0 Å². The van der Waals surface area contributed by atoms with Gasteiger partial charge in [-0.25, -0.2) is 0 Å². The Bertz CT molecular complexity index is 93.0. The van der Waals surface area contributed by atoms with E-state index in [2.05, 4.69) is 4.43 Å². The first-order chi connectivity index (χ1) is 4.42. The molecule has 0 aromatic rings. The van der Waals surface area contributed by atoms with Gasteiger partial charge < -0.3 is 9.22 Å². The molecule has 62 valence electrons. The van der Waals surface area contributed by atoms with Crippen molar-refractivity contribution < 1.29 is 22.4 Å². The lowest BCUT2D eigenvalue weighted by Gasteiger charge is -2.07. The molecule has 1 unspecified atom stereocenters. The molecule has 0 aromatic carbocycles. The van der Waals surface area contributed by atoms with Gasteiger partial charge in [0.2, 0.25) is 0 Å². The second-order valence-corrected chi connectivity index (χ2v) is 3.37. The molecule has 0 bridgehead atoms. The lowest BCUT2D eigenvalue weighted by molar-refractivity contribution is -0.140. The van der Waals surface area contributed by atoms with Gasteiger partial charge in [0.25, 0.3) is 0 Å². The van der Waals surface area contributed by atoms with E-state index in [9.17, 15) is 13.2 Å². The monoisotopic (exact) mass is 174 g/mol. The summed E-state index contributed by atoms with van der Waals surface area (Å²) in [7, 11) is -2.26. The first kappa shape index (κ1) is 9.93. The first-order valence-corrected chi connectivity index (χ1v) is 4.92. The molecule has 0 aromatic heterocycles. The van der Waals surface area contributed by atoms with Crippen LogP contribution in [0.4, 0.5) is 13.2 Å². The minimum absolute atomic E-state index is 0.423. The highest BCUT2D eigenvalue weighted by molar-refractivity contribution is 6.40. The summed E-state index contributed by atoms with van der Waals surface area (Å²) in [5.74, 6) is 0. The summed E-state index contributed by atoms with van der Waals surface area (Å²) in [6.07, 6.45) is -5.16. The van der Waals surface area contributed by atoms with Gasteiger partial charge >= 0.3 is 15.5 Å². The van der Waals surface area contributed by atoms with Crippen molar-refractivity contribution in [2.45, 2.75) is 19.1 Å². The van der Waals surface area contributed by atoms with Gasteiger partial charge in [0, 0.05) is 6.61 Å². The predicted octanol–water partition coefficient (Wildman–Crippen LogP) is 0.798. The van der Waals surface area contributed by atoms with E-state index in [1.54, 1.807) is 0 Å². The van der Waals surface area contributed by atoms with E-state index in [1.807, 2.05) is 0 Å². The van der Waals surface area contributed by atoms with Crippen LogP contribution in [0.25, 0.3) is 0 Å². The molecule has 0 rings (SSSR count). The molecule has 0 fully saturated rings. The third-order valence-corrected chi connectivity index (χ3v) is 1.46. The molecule has 0 saturated carbocycles. The highest BCUT2D eigenvalue weighted by Crippen LogP contribution is 2.18. The van der Waals surface area contributed by atoms with E-state index < -0.39 is 28.5 Å². The lowest BCUT2D eigenvalue weighted by atomic mass is 10.5. The van der Waals surface area contributed by atoms with Crippen molar-refractivity contribution in [2.75, 3.05) is 6.61 Å². The summed E-state index contributed by atoms with van der Waals surface area (Å²) >= 11 is 0. The summed E-state index contributed by atoms with van der Waals surface area (Å²) in [6, 6.07) is 0. The van der Waals surface area contributed by atoms with Crippen LogP contribution >= 0.6 is 0 Å². The Kier molecular flexibility index (Phi) is 3.91. The fourth-order valence-electron chi connectivity index (χ4n) is 0.345. The maximum Gasteiger partial charge on any atom is 0.391 e. The summed E-state index contributed by atoms with van der Waals surface area (Å²) in [4.78, 5) is 8.50. The summed E-state index contributed by atoms with van der Waals surface area (Å²) in [5.41, 5.74) is 0. The fourth-order valence-corrected chi connectivity index (χ4v) is 0.804. The number of rotatable bonds is 3. The maximum atomic E-state index is 11.4. The highest BCUT2D eigenvalue weighted by atomic mass is 28.3. The lowest BCUT2D eigenvalue weighted by Crippen LogP contribution is -2.18. The minimum atomic E-state index is -4.18. The van der Waals surface area contributed by atoms with Crippen molar-refractivity contribution in [2.24, 2.45) is 0 Å². The van der Waals surface area contributed by atoms with Crippen LogP contribution in [0, 0.1) is 0 Å². The van der Waals surface area contributed by atoms with E-state index in [0.29, 0.717) is 0 Å². The predicted molar refractivity (Wildman–Crippen MR) is 31.9 cm³/mol. The molecule has 0 amide bonds. The molecular formula is C4H9F3O2Si. The molecule has 0 spiro atoms. The maximum absolute atomic E-state index is 11.4. The van der Waals surface area contributed by atoms with E-state index in [0.717, 1.165) is 0 Å². The number of hydrogen-bond acceptors (Lipinski definition) is 2. The van der Waals surface area contributed by atoms with Crippen LogP contribution in [0.3, 0.4) is 0 Å². The molecule has 0 aliphatic rings. The smallest absolute Gasteiger partial charge is 0.391 e. The Hall–Kier alpha value is -0.0731. The molecule has 10 heavy (non-hydrogen) atoms. The second kappa shape index (κ2) is 3.94. The van der Waals surface area contributed by atoms with E-state index in [-0.39, 0.29) is 0 Å². The molecule has 0 saturated heterocycles. The third-order valence-electron chi connectivity index (χ3n) is 0.745. The van der Waals surface area contributed by atoms with Crippen molar-refractivity contribution >= 4 is 9.28 Å². The van der Waals surface area contributed by atoms with Gasteiger partial charge in [-0.3, -0.25) is 0 Å². The SMILES string of the molecule is C[SiH](O)OCCC(F)(F)F. The van der Waals surface area contributed by atoms with Gasteiger partial charge in [0.1, 0.15) is 0 Å². The third kappa shape index (κ3) is 7.93. The van der Waals surface area contributed by atoms with Crippen LogP contribution < -0.4 is 0 Å². The quantitative estimate of drug-likeness (QED) is 0.641. The van der Waals surface area contributed by atoms with Gasteiger partial charge in [-0.15, -0.1) is 0 Å². The Morgan fingerprint density at radius 2 is 2.00 bits per heavy atom. The fraction of sp³-hybridized carbons (Fsp3) is 1.00. The van der Waals surface area contributed by atoms with Crippen molar-refractivity contribution in [1.29, 1.82) is 0 Å². The van der Waals surface area contributed by atoms with Gasteiger partial charge in [-0.1, -0.05) is 0 Å². The van der Waals surface area contributed by atoms with Gasteiger partial charge in [0.05, 0.1) is 6.42 Å². The zero-order chi connectivity index (χ0) is 8.20. The Labute approximate surface area is 58.5 Å². The molecule has 1 N–H and O–H groups in total. The van der Waals surface area contributed by atoms with E-state index in [1.165, 1.54) is 6.55 Å². The van der Waals surface area contributed by atoms with Crippen LogP contribution in [-0.2, 0) is 4.43 Å². The zero-order valence-corrected chi connectivity index (χ0v) is 6.64. The van der Waals surface area contributed by atoms with Crippen LogP contribution in [0.2, 0.25) is 6.55 Å². The Balaban J connectivity index is 3.21. The zero-order valence-electron chi connectivity index (χ0n) is 5.48. The van der Waals surface area contributed by atoms with Gasteiger partial charge in [-0.05, 0) is 6.55 Å². The second-order valence-electron chi connectivity index (χ2n) is 1.84. The number of halogens is 3. The van der Waals surface area contributed by atoms with Gasteiger partial charge in [-0.2, -0.15) is 13.2 Å². The molecule has 0 aliphatic heterocycles. The largest absolute Gasteiger partial charge is 0.413 e. The molecule has 6 heteroatoms. The number of hydrogen-bond donors (Lipinski definition) is 1. The molecular weight excluding hydrogens is 165 g/mol. The molecule has 0 aliphatic carbocycles. The summed E-state index contributed by atoms with van der Waals surface area (Å²) < 4.78 is 38.5. The highest BCUT2D eigenvalue weighted by Gasteiger charge is 2.26. The van der Waals surface area contributed by atoms with Crippen molar-refractivity contribution in [3.8, 4) is 0 Å². The first-order valence-electron chi connectivity index (χ1n) is 2.78. The van der Waals surface area contributed by atoms with Crippen molar-refractivity contribution in [3.05, 3.63) is 0 Å². The van der Waals surface area contributed by atoms with Crippen LogP contribution in [0.5, 0.6) is 0 Å². The molecule has 0 radical (unpaired) electrons. The molecule has 0 heterocycles. The van der Waals surface area contributed by atoms with Crippen molar-refractivity contribution in [1.82, 2.24) is 0 Å². The molecule has 2 nitrogen and oxygen atoms in total. The van der Waals surface area contributed by atoms with E-state index in [4.69, 9.17) is 4.80 Å². The Morgan fingerprint density at radius 3 is 2.30 bits per heavy atom. The van der Waals surface area contributed by atoms with Crippen LogP contribution in [0.15, 0.2) is 0 Å². The van der Waals surface area contributed by atoms with Crippen LogP contribution in [-0.4, -0.2) is 26.9 Å². The number of alkyl halides is 3. The summed E-state index contributed by atoms with van der Waals surface area (Å²) in [6.45, 7) is 0.976. The average Bonchev–Trinajstić information content (AvgIpc) is 1.59.